The summed E-state index contributed by atoms with van der Waals surface area (Å²) < 4.78 is 23.8. The van der Waals surface area contributed by atoms with Gasteiger partial charge in [-0.05, 0) is 64.2 Å². The van der Waals surface area contributed by atoms with Crippen LogP contribution in [0.5, 0.6) is 0 Å². The molecule has 3 unspecified atom stereocenters. The molecule has 0 aromatic heterocycles. The number of likely N-dealkylation sites (N-methyl/N-ethyl adjacent to an activating group) is 1. The Balaban J connectivity index is 4.15. The molecule has 0 spiro atoms. The van der Waals surface area contributed by atoms with Crippen molar-refractivity contribution in [1.82, 2.24) is 5.32 Å². The molecule has 0 heterocycles. The second-order valence-corrected chi connectivity index (χ2v) is 24.2. The maximum atomic E-state index is 13.0. The number of quaternary nitrogens is 1. The van der Waals surface area contributed by atoms with E-state index in [9.17, 15) is 19.4 Å². The Hall–Kier alpha value is -2.06. The van der Waals surface area contributed by atoms with Crippen molar-refractivity contribution in [3.63, 3.8) is 0 Å². The number of phosphoric ester groups is 1. The first kappa shape index (κ1) is 72.9. The normalized spacial score (nSPS) is 14.3. The first-order valence-electron chi connectivity index (χ1n) is 31.8. The van der Waals surface area contributed by atoms with E-state index in [0.29, 0.717) is 23.9 Å². The summed E-state index contributed by atoms with van der Waals surface area (Å²) in [7, 11) is 1.60. The molecule has 0 saturated heterocycles. The zero-order valence-electron chi connectivity index (χ0n) is 50.0. The Kier molecular flexibility index (Phi) is 55.1. The van der Waals surface area contributed by atoms with Crippen molar-refractivity contribution in [2.24, 2.45) is 0 Å². The van der Waals surface area contributed by atoms with Crippen LogP contribution in [0.3, 0.4) is 0 Å². The summed E-state index contributed by atoms with van der Waals surface area (Å²) in [4.78, 5) is 23.4. The molecule has 0 saturated carbocycles. The Bertz CT molecular complexity index is 1450. The van der Waals surface area contributed by atoms with Crippen LogP contribution in [-0.2, 0) is 18.4 Å². The van der Waals surface area contributed by atoms with Gasteiger partial charge in [-0.15, -0.1) is 0 Å². The number of unbranched alkanes of at least 4 members (excludes halogenated alkanes) is 33. The lowest BCUT2D eigenvalue weighted by Gasteiger charge is -2.26. The molecule has 1 amide bonds. The summed E-state index contributed by atoms with van der Waals surface area (Å²) in [6, 6.07) is -0.775. The van der Waals surface area contributed by atoms with E-state index in [0.717, 1.165) is 89.9 Å². The van der Waals surface area contributed by atoms with Crippen LogP contribution >= 0.6 is 7.82 Å². The number of aliphatic hydroxyl groups is 1. The highest BCUT2D eigenvalue weighted by Crippen LogP contribution is 2.43. The number of amides is 1. The molecule has 9 heteroatoms. The number of hydrogen-bond acceptors (Lipinski definition) is 5. The van der Waals surface area contributed by atoms with Gasteiger partial charge in [0.2, 0.25) is 5.91 Å². The Morgan fingerprint density at radius 3 is 1.17 bits per heavy atom. The summed E-state index contributed by atoms with van der Waals surface area (Å²) in [6.07, 6.45) is 78.3. The van der Waals surface area contributed by atoms with Gasteiger partial charge < -0.3 is 19.8 Å². The molecule has 0 aliphatic rings. The fourth-order valence-corrected chi connectivity index (χ4v) is 10.0. The van der Waals surface area contributed by atoms with Crippen molar-refractivity contribution >= 4 is 13.7 Å². The molecule has 0 bridgehead atoms. The summed E-state index contributed by atoms with van der Waals surface area (Å²) in [5.41, 5.74) is 0. The number of aliphatic hydroxyl groups excluding tert-OH is 1. The van der Waals surface area contributed by atoms with E-state index < -0.39 is 20.0 Å². The van der Waals surface area contributed by atoms with Crippen LogP contribution in [0.15, 0.2) is 72.9 Å². The Morgan fingerprint density at radius 2 is 0.800 bits per heavy atom. The maximum absolute atomic E-state index is 13.0. The van der Waals surface area contributed by atoms with Gasteiger partial charge in [-0.1, -0.05) is 292 Å². The van der Waals surface area contributed by atoms with Crippen molar-refractivity contribution < 1.29 is 32.9 Å². The van der Waals surface area contributed by atoms with Gasteiger partial charge in [-0.3, -0.25) is 13.8 Å². The molecule has 438 valence electrons. The number of nitrogens with zero attached hydrogens (tertiary/aromatic N) is 1. The standard InChI is InChI=1S/C66H123N2O6P/c1-6-8-10-12-14-16-18-20-22-24-26-28-30-32-33-34-36-37-39-41-43-45-47-49-51-53-55-57-59-65(69)64(63-74-75(71,72)73-62-61-68(3,4)5)67-66(70)60-58-56-54-52-50-48-46-44-42-40-38-35-31-29-27-25-23-21-19-17-15-13-11-9-7-2/h9,11,15,17,21,23,27,29,35,38,42,44,64-65,69H,6-8,10,12-14,16,18-20,22,24-26,28,30-34,36-37,39-41,43,45-63H2,1-5H3,(H-,67,70,71,72)/p+1/b11-9-,17-15-,23-21-,29-27-,38-35-,44-42-. The average Bonchev–Trinajstić information content (AvgIpc) is 3.37. The van der Waals surface area contributed by atoms with E-state index >= 15 is 0 Å². The number of hydrogen-bond donors (Lipinski definition) is 3. The number of nitrogens with one attached hydrogen (secondary N) is 1. The summed E-state index contributed by atoms with van der Waals surface area (Å²) >= 11 is 0. The number of allylic oxidation sites excluding steroid dienone is 12. The van der Waals surface area contributed by atoms with Gasteiger partial charge in [0.25, 0.3) is 0 Å². The van der Waals surface area contributed by atoms with Gasteiger partial charge in [0.1, 0.15) is 13.2 Å². The zero-order valence-corrected chi connectivity index (χ0v) is 50.9. The molecule has 0 aliphatic heterocycles. The summed E-state index contributed by atoms with van der Waals surface area (Å²) in [5, 5.41) is 14.1. The van der Waals surface area contributed by atoms with E-state index in [1.54, 1.807) is 0 Å². The molecular formula is C66H124N2O6P+. The molecule has 75 heavy (non-hydrogen) atoms. The Morgan fingerprint density at radius 1 is 0.467 bits per heavy atom. The summed E-state index contributed by atoms with van der Waals surface area (Å²) in [5.74, 6) is -0.158. The van der Waals surface area contributed by atoms with Crippen LogP contribution in [0.1, 0.15) is 290 Å². The van der Waals surface area contributed by atoms with E-state index in [-0.39, 0.29) is 19.1 Å². The fourth-order valence-electron chi connectivity index (χ4n) is 9.29. The minimum absolute atomic E-state index is 0.0684. The molecule has 0 aromatic rings. The SMILES string of the molecule is CC/C=C\C/C=C\C/C=C\C/C=C\C/C=C\C/C=C\CCCCCCCCC(=O)NC(COP(=O)(O)OCC[N+](C)(C)C)C(O)CCCCCCCCCCCCCCCCCCCCCCCCCCCCCC. The first-order chi connectivity index (χ1) is 36.5. The molecule has 0 rings (SSSR count). The van der Waals surface area contributed by atoms with Gasteiger partial charge in [0.05, 0.1) is 39.9 Å². The topological polar surface area (TPSA) is 105 Å². The van der Waals surface area contributed by atoms with Gasteiger partial charge in [-0.2, -0.15) is 0 Å². The largest absolute Gasteiger partial charge is 0.472 e. The highest BCUT2D eigenvalue weighted by molar-refractivity contribution is 7.47. The number of rotatable bonds is 58. The lowest BCUT2D eigenvalue weighted by molar-refractivity contribution is -0.870. The van der Waals surface area contributed by atoms with E-state index in [4.69, 9.17) is 9.05 Å². The highest BCUT2D eigenvalue weighted by Gasteiger charge is 2.28. The molecule has 8 nitrogen and oxygen atoms in total. The lowest BCUT2D eigenvalue weighted by atomic mass is 10.0. The fraction of sp³-hybridized carbons (Fsp3) is 0.803. The minimum atomic E-state index is -4.34. The van der Waals surface area contributed by atoms with Crippen molar-refractivity contribution in [3.05, 3.63) is 72.9 Å². The van der Waals surface area contributed by atoms with Crippen LogP contribution < -0.4 is 5.32 Å². The number of phosphoric acid groups is 1. The van der Waals surface area contributed by atoms with Crippen molar-refractivity contribution in [3.8, 4) is 0 Å². The Labute approximate surface area is 465 Å². The third kappa shape index (κ3) is 59.4. The molecule has 0 fully saturated rings. The van der Waals surface area contributed by atoms with Crippen LogP contribution in [0.4, 0.5) is 0 Å². The van der Waals surface area contributed by atoms with Gasteiger partial charge in [-0.25, -0.2) is 4.57 Å². The van der Waals surface area contributed by atoms with E-state index in [1.165, 1.54) is 173 Å². The third-order valence-corrected chi connectivity index (χ3v) is 15.2. The maximum Gasteiger partial charge on any atom is 0.472 e. The first-order valence-corrected chi connectivity index (χ1v) is 33.3. The molecule has 0 aliphatic carbocycles. The lowest BCUT2D eigenvalue weighted by Crippen LogP contribution is -2.46. The van der Waals surface area contributed by atoms with Crippen molar-refractivity contribution in [1.29, 1.82) is 0 Å². The van der Waals surface area contributed by atoms with Crippen LogP contribution in [-0.4, -0.2) is 73.4 Å². The predicted molar refractivity (Wildman–Crippen MR) is 327 cm³/mol. The van der Waals surface area contributed by atoms with Crippen molar-refractivity contribution in [2.75, 3.05) is 40.9 Å². The second kappa shape index (κ2) is 56.7. The number of carbonyl (C=O) groups is 1. The smallest absolute Gasteiger partial charge is 0.391 e. The van der Waals surface area contributed by atoms with Gasteiger partial charge >= 0.3 is 7.82 Å². The van der Waals surface area contributed by atoms with Gasteiger partial charge in [0, 0.05) is 6.42 Å². The van der Waals surface area contributed by atoms with Crippen molar-refractivity contribution in [2.45, 2.75) is 302 Å². The monoisotopic (exact) mass is 1070 g/mol. The number of carbonyl (C=O) groups excluding carboxylic acids is 1. The zero-order chi connectivity index (χ0) is 54.9. The molecule has 3 N–H and O–H groups in total. The molecule has 0 aromatic carbocycles. The molecule has 0 radical (unpaired) electrons. The molecule has 3 atom stereocenters. The van der Waals surface area contributed by atoms with Gasteiger partial charge in [0.15, 0.2) is 0 Å². The quantitative estimate of drug-likeness (QED) is 0.0243. The average molecular weight is 1070 g/mol. The minimum Gasteiger partial charge on any atom is -0.391 e. The second-order valence-electron chi connectivity index (χ2n) is 22.8. The van der Waals surface area contributed by atoms with Crippen LogP contribution in [0.25, 0.3) is 0 Å². The predicted octanol–water partition coefficient (Wildman–Crippen LogP) is 19.8. The summed E-state index contributed by atoms with van der Waals surface area (Å²) in [6.45, 7) is 4.79. The third-order valence-electron chi connectivity index (χ3n) is 14.2. The van der Waals surface area contributed by atoms with E-state index in [1.807, 2.05) is 21.1 Å². The molecular weight excluding hydrogens is 948 g/mol. The van der Waals surface area contributed by atoms with Crippen LogP contribution in [0.2, 0.25) is 0 Å². The van der Waals surface area contributed by atoms with Crippen LogP contribution in [0, 0.1) is 0 Å². The highest BCUT2D eigenvalue weighted by atomic mass is 31.2. The van der Waals surface area contributed by atoms with E-state index in [2.05, 4.69) is 92.1 Å².